The quantitative estimate of drug-likeness (QED) is 0.798. The van der Waals surface area contributed by atoms with Crippen LogP contribution in [0.2, 0.25) is 0 Å². The zero-order valence-electron chi connectivity index (χ0n) is 11.7. The van der Waals surface area contributed by atoms with Gasteiger partial charge in [0.25, 0.3) is 0 Å². The van der Waals surface area contributed by atoms with Crippen LogP contribution in [-0.4, -0.2) is 36.7 Å². The summed E-state index contributed by atoms with van der Waals surface area (Å²) < 4.78 is 2.37. The van der Waals surface area contributed by atoms with Crippen molar-refractivity contribution in [2.24, 2.45) is 0 Å². The van der Waals surface area contributed by atoms with Gasteiger partial charge in [0.05, 0.1) is 6.42 Å². The number of carbonyl (C=O) groups excluding carboxylic acids is 1. The number of fused-ring (bicyclic) bond motifs is 1. The molecule has 2 rings (SSSR count). The lowest BCUT2D eigenvalue weighted by Crippen LogP contribution is -2.47. The first-order chi connectivity index (χ1) is 9.78. The number of carboxylic acid groups (broad SMARTS) is 1. The molecule has 0 saturated heterocycles. The van der Waals surface area contributed by atoms with Crippen LogP contribution in [-0.2, 0) is 16.1 Å². The number of nitrogens with one attached hydrogen (secondary N) is 1. The van der Waals surface area contributed by atoms with Crippen molar-refractivity contribution in [3.63, 3.8) is 0 Å². The van der Waals surface area contributed by atoms with Crippen LogP contribution in [0.3, 0.4) is 0 Å². The molecule has 0 spiro atoms. The third kappa shape index (κ3) is 3.47. The third-order valence-corrected chi connectivity index (χ3v) is 2.85. The number of amides is 1. The Morgan fingerprint density at radius 2 is 2.10 bits per heavy atom. The molecule has 0 unspecified atom stereocenters. The Hall–Kier alpha value is -2.64. The molecule has 0 bridgehead atoms. The number of hydrogen-bond donors (Lipinski definition) is 2. The van der Waals surface area contributed by atoms with E-state index in [2.05, 4.69) is 10.4 Å². The Bertz CT molecular complexity index is 744. The molecule has 2 heterocycles. The summed E-state index contributed by atoms with van der Waals surface area (Å²) in [7, 11) is 0. The minimum atomic E-state index is -1.01. The number of rotatable bonds is 5. The molecule has 8 nitrogen and oxygen atoms in total. The van der Waals surface area contributed by atoms with Crippen molar-refractivity contribution in [3.05, 3.63) is 34.9 Å². The zero-order chi connectivity index (χ0) is 15.6. The van der Waals surface area contributed by atoms with E-state index in [4.69, 9.17) is 5.11 Å². The number of carboxylic acids is 1. The van der Waals surface area contributed by atoms with E-state index < -0.39 is 23.1 Å². The highest BCUT2D eigenvalue weighted by atomic mass is 16.4. The van der Waals surface area contributed by atoms with E-state index in [1.165, 1.54) is 4.40 Å². The molecule has 1 amide bonds. The fourth-order valence-corrected chi connectivity index (χ4v) is 2.05. The van der Waals surface area contributed by atoms with Gasteiger partial charge in [-0.2, -0.15) is 0 Å². The smallest absolute Gasteiger partial charge is 0.350 e. The van der Waals surface area contributed by atoms with E-state index in [1.54, 1.807) is 38.2 Å². The van der Waals surface area contributed by atoms with Crippen molar-refractivity contribution in [1.29, 1.82) is 0 Å². The van der Waals surface area contributed by atoms with Crippen LogP contribution in [0.25, 0.3) is 5.65 Å². The molecule has 0 fully saturated rings. The van der Waals surface area contributed by atoms with Crippen LogP contribution in [0.5, 0.6) is 0 Å². The Labute approximate surface area is 120 Å². The number of hydrogen-bond acceptors (Lipinski definition) is 4. The molecule has 2 aromatic heterocycles. The minimum absolute atomic E-state index is 0.210. The first-order valence-corrected chi connectivity index (χ1v) is 6.35. The Morgan fingerprint density at radius 3 is 2.71 bits per heavy atom. The molecular formula is C13H16N4O4. The lowest BCUT2D eigenvalue weighted by molar-refractivity contribution is -0.138. The third-order valence-electron chi connectivity index (χ3n) is 2.85. The first kappa shape index (κ1) is 14.8. The molecule has 0 radical (unpaired) electrons. The Morgan fingerprint density at radius 1 is 1.38 bits per heavy atom. The largest absolute Gasteiger partial charge is 0.481 e. The highest BCUT2D eigenvalue weighted by molar-refractivity contribution is 5.78. The van der Waals surface area contributed by atoms with Crippen LogP contribution in [0.4, 0.5) is 0 Å². The van der Waals surface area contributed by atoms with Crippen LogP contribution >= 0.6 is 0 Å². The molecule has 2 aromatic rings. The summed E-state index contributed by atoms with van der Waals surface area (Å²) in [6, 6.07) is 5.09. The van der Waals surface area contributed by atoms with Gasteiger partial charge in [-0.3, -0.25) is 14.0 Å². The summed E-state index contributed by atoms with van der Waals surface area (Å²) in [5, 5.41) is 15.4. The molecule has 112 valence electrons. The second-order valence-electron chi connectivity index (χ2n) is 5.37. The number of nitrogens with zero attached hydrogens (tertiary/aromatic N) is 3. The van der Waals surface area contributed by atoms with Gasteiger partial charge < -0.3 is 10.4 Å². The number of aromatic nitrogens is 3. The summed E-state index contributed by atoms with van der Waals surface area (Å²) in [5.41, 5.74) is -0.872. The van der Waals surface area contributed by atoms with Gasteiger partial charge in [-0.05, 0) is 26.0 Å². The van der Waals surface area contributed by atoms with Gasteiger partial charge in [0.1, 0.15) is 6.54 Å². The zero-order valence-corrected chi connectivity index (χ0v) is 11.7. The highest BCUT2D eigenvalue weighted by Crippen LogP contribution is 2.07. The molecule has 0 atom stereocenters. The van der Waals surface area contributed by atoms with Crippen molar-refractivity contribution >= 4 is 17.5 Å². The Balaban J connectivity index is 2.13. The number of aliphatic carboxylic acids is 1. The van der Waals surface area contributed by atoms with Gasteiger partial charge in [0.2, 0.25) is 5.91 Å². The van der Waals surface area contributed by atoms with E-state index in [0.717, 1.165) is 4.68 Å². The van der Waals surface area contributed by atoms with E-state index in [-0.39, 0.29) is 13.0 Å². The maximum atomic E-state index is 12.0. The molecule has 0 saturated carbocycles. The van der Waals surface area contributed by atoms with Gasteiger partial charge in [0, 0.05) is 11.7 Å². The second-order valence-corrected chi connectivity index (χ2v) is 5.37. The van der Waals surface area contributed by atoms with Gasteiger partial charge >= 0.3 is 11.7 Å². The average Bonchev–Trinajstić information content (AvgIpc) is 2.64. The molecular weight excluding hydrogens is 276 g/mol. The number of pyridine rings is 1. The van der Waals surface area contributed by atoms with Crippen LogP contribution in [0, 0.1) is 0 Å². The molecule has 21 heavy (non-hydrogen) atoms. The van der Waals surface area contributed by atoms with Gasteiger partial charge in [-0.1, -0.05) is 6.07 Å². The molecule has 0 aliphatic heterocycles. The average molecular weight is 292 g/mol. The van der Waals surface area contributed by atoms with Crippen molar-refractivity contribution < 1.29 is 14.7 Å². The topological polar surface area (TPSA) is 106 Å². The standard InChI is InChI=1S/C13H16N4O4/c1-13(2,7-11(19)20)14-10(18)8-17-12(21)16-6-4-3-5-9(16)15-17/h3-6H,7-8H2,1-2H3,(H,14,18)(H,19,20). The van der Waals surface area contributed by atoms with Crippen molar-refractivity contribution in [3.8, 4) is 0 Å². The van der Waals surface area contributed by atoms with E-state index in [9.17, 15) is 14.4 Å². The lowest BCUT2D eigenvalue weighted by Gasteiger charge is -2.23. The highest BCUT2D eigenvalue weighted by Gasteiger charge is 2.24. The fraction of sp³-hybridized carbons (Fsp3) is 0.385. The summed E-state index contributed by atoms with van der Waals surface area (Å²) in [6.07, 6.45) is 1.35. The lowest BCUT2D eigenvalue weighted by atomic mass is 10.0. The monoisotopic (exact) mass is 292 g/mol. The molecule has 0 aliphatic rings. The summed E-state index contributed by atoms with van der Waals surface area (Å²) in [6.45, 7) is 2.94. The van der Waals surface area contributed by atoms with Gasteiger partial charge in [-0.25, -0.2) is 9.48 Å². The fourth-order valence-electron chi connectivity index (χ4n) is 2.05. The minimum Gasteiger partial charge on any atom is -0.481 e. The van der Waals surface area contributed by atoms with Crippen LogP contribution in [0.1, 0.15) is 20.3 Å². The van der Waals surface area contributed by atoms with Crippen molar-refractivity contribution in [1.82, 2.24) is 19.5 Å². The maximum Gasteiger partial charge on any atom is 0.350 e. The molecule has 2 N–H and O–H groups in total. The predicted molar refractivity (Wildman–Crippen MR) is 73.9 cm³/mol. The van der Waals surface area contributed by atoms with Crippen molar-refractivity contribution in [2.45, 2.75) is 32.4 Å². The summed E-state index contributed by atoms with van der Waals surface area (Å²) >= 11 is 0. The summed E-state index contributed by atoms with van der Waals surface area (Å²) in [5.74, 6) is -1.48. The van der Waals surface area contributed by atoms with Gasteiger partial charge in [0.15, 0.2) is 5.65 Å². The van der Waals surface area contributed by atoms with Crippen LogP contribution < -0.4 is 11.0 Å². The second kappa shape index (κ2) is 5.39. The molecule has 8 heteroatoms. The van der Waals surface area contributed by atoms with E-state index >= 15 is 0 Å². The SMILES string of the molecule is CC(C)(CC(=O)O)NC(=O)Cn1nc2ccccn2c1=O. The molecule has 0 aliphatic carbocycles. The number of carbonyl (C=O) groups is 2. The van der Waals surface area contributed by atoms with E-state index in [1.807, 2.05) is 0 Å². The summed E-state index contributed by atoms with van der Waals surface area (Å²) in [4.78, 5) is 34.6. The van der Waals surface area contributed by atoms with Gasteiger partial charge in [-0.15, -0.1) is 5.10 Å². The molecule has 0 aromatic carbocycles. The predicted octanol–water partition coefficient (Wildman–Crippen LogP) is -0.135. The normalized spacial score (nSPS) is 11.5. The van der Waals surface area contributed by atoms with E-state index in [0.29, 0.717) is 5.65 Å². The Kier molecular flexibility index (Phi) is 3.79. The maximum absolute atomic E-state index is 12.0. The van der Waals surface area contributed by atoms with Crippen LogP contribution in [0.15, 0.2) is 29.2 Å². The van der Waals surface area contributed by atoms with Crippen molar-refractivity contribution in [2.75, 3.05) is 0 Å². The first-order valence-electron chi connectivity index (χ1n) is 6.35.